The van der Waals surface area contributed by atoms with E-state index in [1.165, 1.54) is 16.7 Å². The van der Waals surface area contributed by atoms with Crippen LogP contribution in [0.5, 0.6) is 0 Å². The fourth-order valence-electron chi connectivity index (χ4n) is 2.19. The molecule has 0 saturated heterocycles. The van der Waals surface area contributed by atoms with Gasteiger partial charge in [-0.15, -0.1) is 0 Å². The van der Waals surface area contributed by atoms with Crippen molar-refractivity contribution >= 4 is 12.3 Å². The first-order chi connectivity index (χ1) is 7.72. The fraction of sp³-hybridized carbons (Fsp3) is 0.133. The zero-order valence-corrected chi connectivity index (χ0v) is 9.33. The van der Waals surface area contributed by atoms with Crippen molar-refractivity contribution in [3.63, 3.8) is 0 Å². The Morgan fingerprint density at radius 2 is 1.94 bits per heavy atom. The molecule has 0 aromatic heterocycles. The van der Waals surface area contributed by atoms with Crippen LogP contribution in [0.1, 0.15) is 16.7 Å². The van der Waals surface area contributed by atoms with Gasteiger partial charge in [0.25, 0.3) is 0 Å². The molecule has 0 N–H and O–H groups in total. The number of hydrogen-bond acceptors (Lipinski definition) is 1. The van der Waals surface area contributed by atoms with Gasteiger partial charge < -0.3 is 0 Å². The summed E-state index contributed by atoms with van der Waals surface area (Å²) in [5, 5.41) is 2.15. The van der Waals surface area contributed by atoms with Crippen molar-refractivity contribution in [2.45, 2.75) is 13.3 Å². The lowest BCUT2D eigenvalue weighted by Gasteiger charge is -2.13. The molecule has 0 unspecified atom stereocenters. The lowest BCUT2D eigenvalue weighted by atomic mass is 9.98. The Balaban J connectivity index is 2.29. The van der Waals surface area contributed by atoms with Crippen LogP contribution in [-0.4, -0.2) is 0 Å². The highest BCUT2D eigenvalue weighted by Gasteiger charge is 2.09. The Morgan fingerprint density at radius 3 is 2.81 bits per heavy atom. The van der Waals surface area contributed by atoms with Gasteiger partial charge in [-0.1, -0.05) is 30.3 Å². The number of nitrogens with zero attached hydrogens (tertiary/aromatic N) is 1. The second-order valence-electron chi connectivity index (χ2n) is 4.38. The molecule has 0 aliphatic carbocycles. The first-order valence-electron chi connectivity index (χ1n) is 5.48. The SMILES string of the molecule is C=c1ccc2c(c1)Cc1cc(C)ccc1N=2. The second kappa shape index (κ2) is 3.31. The lowest BCUT2D eigenvalue weighted by molar-refractivity contribution is 1.07. The number of aryl methyl sites for hydroxylation is 1. The molecule has 0 spiro atoms. The number of hydrogen-bond donors (Lipinski definition) is 0. The molecule has 0 saturated carbocycles. The molecular weight excluding hydrogens is 194 g/mol. The predicted octanol–water partition coefficient (Wildman–Crippen LogP) is 2.26. The maximum absolute atomic E-state index is 4.66. The summed E-state index contributed by atoms with van der Waals surface area (Å²) in [5.41, 5.74) is 5.00. The smallest absolute Gasteiger partial charge is 0.0672 e. The van der Waals surface area contributed by atoms with E-state index in [2.05, 4.69) is 48.8 Å². The van der Waals surface area contributed by atoms with E-state index >= 15 is 0 Å². The Kier molecular flexibility index (Phi) is 1.93. The first-order valence-corrected chi connectivity index (χ1v) is 5.48. The zero-order valence-electron chi connectivity index (χ0n) is 9.33. The highest BCUT2D eigenvalue weighted by atomic mass is 14.7. The summed E-state index contributed by atoms with van der Waals surface area (Å²) in [7, 11) is 0. The van der Waals surface area contributed by atoms with E-state index in [-0.39, 0.29) is 0 Å². The van der Waals surface area contributed by atoms with Crippen LogP contribution in [0.25, 0.3) is 6.58 Å². The van der Waals surface area contributed by atoms with Crippen LogP contribution in [0, 0.1) is 6.92 Å². The quantitative estimate of drug-likeness (QED) is 0.536. The Labute approximate surface area is 94.8 Å². The van der Waals surface area contributed by atoms with Crippen molar-refractivity contribution in [2.75, 3.05) is 0 Å². The standard InChI is InChI=1S/C15H13N/c1-10-3-5-14-12(7-10)9-13-8-11(2)4-6-15(13)16-14/h3-8H,1,9H2,2H3. The summed E-state index contributed by atoms with van der Waals surface area (Å²) in [4.78, 5) is 4.66. The highest BCUT2D eigenvalue weighted by Crippen LogP contribution is 2.24. The third-order valence-electron chi connectivity index (χ3n) is 3.00. The van der Waals surface area contributed by atoms with Crippen LogP contribution in [-0.2, 0) is 6.42 Å². The van der Waals surface area contributed by atoms with Crippen LogP contribution in [0.4, 0.5) is 5.69 Å². The van der Waals surface area contributed by atoms with Gasteiger partial charge in [0, 0.05) is 6.42 Å². The fourth-order valence-corrected chi connectivity index (χ4v) is 2.19. The molecule has 1 aliphatic rings. The minimum Gasteiger partial charge on any atom is -0.248 e. The molecule has 3 rings (SSSR count). The molecule has 2 aromatic carbocycles. The van der Waals surface area contributed by atoms with E-state index in [0.717, 1.165) is 22.7 Å². The maximum Gasteiger partial charge on any atom is 0.0672 e. The minimum atomic E-state index is 0.971. The van der Waals surface area contributed by atoms with E-state index in [9.17, 15) is 0 Å². The van der Waals surface area contributed by atoms with Gasteiger partial charge in [-0.05, 0) is 41.5 Å². The van der Waals surface area contributed by atoms with E-state index in [1.807, 2.05) is 6.07 Å². The highest BCUT2D eigenvalue weighted by molar-refractivity contribution is 5.52. The molecule has 78 valence electrons. The van der Waals surface area contributed by atoms with Gasteiger partial charge in [-0.3, -0.25) is 0 Å². The average molecular weight is 207 g/mol. The summed E-state index contributed by atoms with van der Waals surface area (Å²) in [6, 6.07) is 12.6. The molecule has 1 nitrogen and oxygen atoms in total. The number of benzene rings is 2. The van der Waals surface area contributed by atoms with Gasteiger partial charge in [0.05, 0.1) is 11.0 Å². The van der Waals surface area contributed by atoms with Gasteiger partial charge in [0.15, 0.2) is 0 Å². The van der Waals surface area contributed by atoms with Crippen LogP contribution < -0.4 is 10.6 Å². The molecule has 1 aliphatic heterocycles. The normalized spacial score (nSPS) is 12.6. The van der Waals surface area contributed by atoms with Gasteiger partial charge in [0.1, 0.15) is 0 Å². The Morgan fingerprint density at radius 1 is 1.06 bits per heavy atom. The van der Waals surface area contributed by atoms with E-state index in [1.54, 1.807) is 0 Å². The van der Waals surface area contributed by atoms with Gasteiger partial charge in [0.2, 0.25) is 0 Å². The molecule has 0 atom stereocenters. The van der Waals surface area contributed by atoms with Crippen molar-refractivity contribution in [1.82, 2.24) is 0 Å². The van der Waals surface area contributed by atoms with Crippen LogP contribution >= 0.6 is 0 Å². The first kappa shape index (κ1) is 9.34. The third kappa shape index (κ3) is 1.45. The summed E-state index contributed by atoms with van der Waals surface area (Å²) >= 11 is 0. The van der Waals surface area contributed by atoms with E-state index < -0.39 is 0 Å². The molecule has 0 fully saturated rings. The number of fused-ring (bicyclic) bond motifs is 2. The molecular formula is C15H13N. The predicted molar refractivity (Wildman–Crippen MR) is 66.4 cm³/mol. The lowest BCUT2D eigenvalue weighted by Crippen LogP contribution is -2.17. The van der Waals surface area contributed by atoms with Gasteiger partial charge in [-0.25, -0.2) is 4.99 Å². The summed E-state index contributed by atoms with van der Waals surface area (Å²) in [6.07, 6.45) is 0.971. The van der Waals surface area contributed by atoms with Crippen molar-refractivity contribution in [3.05, 3.63) is 63.7 Å². The number of rotatable bonds is 0. The molecule has 0 bridgehead atoms. The van der Waals surface area contributed by atoms with Crippen LogP contribution in [0.2, 0.25) is 0 Å². The van der Waals surface area contributed by atoms with Crippen molar-refractivity contribution < 1.29 is 0 Å². The molecule has 1 heteroatoms. The zero-order chi connectivity index (χ0) is 11.1. The van der Waals surface area contributed by atoms with E-state index in [0.29, 0.717) is 0 Å². The minimum absolute atomic E-state index is 0.971. The van der Waals surface area contributed by atoms with Crippen LogP contribution in [0.3, 0.4) is 0 Å². The Bertz CT molecular complexity index is 668. The average Bonchev–Trinajstić information content (AvgIpc) is 2.26. The third-order valence-corrected chi connectivity index (χ3v) is 3.00. The molecule has 0 radical (unpaired) electrons. The van der Waals surface area contributed by atoms with Crippen molar-refractivity contribution in [2.24, 2.45) is 4.99 Å². The Hall–Kier alpha value is -1.89. The monoisotopic (exact) mass is 207 g/mol. The van der Waals surface area contributed by atoms with Crippen molar-refractivity contribution in [3.8, 4) is 0 Å². The van der Waals surface area contributed by atoms with Gasteiger partial charge in [-0.2, -0.15) is 0 Å². The molecule has 2 aromatic rings. The topological polar surface area (TPSA) is 12.4 Å². The molecule has 1 heterocycles. The van der Waals surface area contributed by atoms with E-state index in [4.69, 9.17) is 0 Å². The second-order valence-corrected chi connectivity index (χ2v) is 4.38. The molecule has 16 heavy (non-hydrogen) atoms. The maximum atomic E-state index is 4.66. The van der Waals surface area contributed by atoms with Crippen LogP contribution in [0.15, 0.2) is 41.4 Å². The molecule has 0 amide bonds. The van der Waals surface area contributed by atoms with Crippen molar-refractivity contribution in [1.29, 1.82) is 0 Å². The summed E-state index contributed by atoms with van der Waals surface area (Å²) in [6.45, 7) is 6.08. The summed E-state index contributed by atoms with van der Waals surface area (Å²) in [5.74, 6) is 0. The largest absolute Gasteiger partial charge is 0.248 e. The summed E-state index contributed by atoms with van der Waals surface area (Å²) < 4.78 is 0. The van der Waals surface area contributed by atoms with Gasteiger partial charge >= 0.3 is 0 Å².